The highest BCUT2D eigenvalue weighted by Gasteiger charge is 2.35. The van der Waals surface area contributed by atoms with E-state index in [1.807, 2.05) is 0 Å². The van der Waals surface area contributed by atoms with Gasteiger partial charge in [-0.15, -0.1) is 0 Å². The van der Waals surface area contributed by atoms with E-state index in [0.717, 1.165) is 12.1 Å². The SMILES string of the molecule is N#Cc1ccc(/C=C2\OC(=O)c3cc(F)cc([N+](=O)[O-])c32)cc1F. The Morgan fingerprint density at radius 1 is 1.25 bits per heavy atom. The zero-order chi connectivity index (χ0) is 17.4. The molecule has 118 valence electrons. The Balaban J connectivity index is 2.17. The van der Waals surface area contributed by atoms with Crippen molar-refractivity contribution in [2.45, 2.75) is 0 Å². The van der Waals surface area contributed by atoms with E-state index >= 15 is 0 Å². The number of esters is 1. The number of nitrogens with zero attached hydrogens (tertiary/aromatic N) is 2. The van der Waals surface area contributed by atoms with Gasteiger partial charge in [-0.25, -0.2) is 13.6 Å². The van der Waals surface area contributed by atoms with Crippen molar-refractivity contribution in [1.82, 2.24) is 0 Å². The normalized spacial score (nSPS) is 14.2. The third kappa shape index (κ3) is 2.48. The van der Waals surface area contributed by atoms with Gasteiger partial charge >= 0.3 is 5.97 Å². The van der Waals surface area contributed by atoms with Crippen molar-refractivity contribution in [1.29, 1.82) is 5.26 Å². The number of carbonyl (C=O) groups excluding carboxylic acids is 1. The molecule has 0 aromatic heterocycles. The molecule has 0 spiro atoms. The second kappa shape index (κ2) is 5.55. The molecule has 0 saturated carbocycles. The smallest absolute Gasteiger partial charge is 0.344 e. The molecule has 0 unspecified atom stereocenters. The number of hydrogen-bond donors (Lipinski definition) is 0. The van der Waals surface area contributed by atoms with Gasteiger partial charge in [0.1, 0.15) is 29.0 Å². The van der Waals surface area contributed by atoms with Gasteiger partial charge in [0.2, 0.25) is 0 Å². The molecule has 0 saturated heterocycles. The Hall–Kier alpha value is -3.60. The molecule has 0 amide bonds. The lowest BCUT2D eigenvalue weighted by atomic mass is 10.0. The molecule has 0 aliphatic carbocycles. The lowest BCUT2D eigenvalue weighted by Gasteiger charge is -2.02. The number of rotatable bonds is 2. The van der Waals surface area contributed by atoms with Gasteiger partial charge in [-0.3, -0.25) is 10.1 Å². The Bertz CT molecular complexity index is 977. The summed E-state index contributed by atoms with van der Waals surface area (Å²) in [5, 5.41) is 19.8. The van der Waals surface area contributed by atoms with Crippen LogP contribution in [0.2, 0.25) is 0 Å². The summed E-state index contributed by atoms with van der Waals surface area (Å²) in [5.41, 5.74) is -1.02. The largest absolute Gasteiger partial charge is 0.422 e. The Morgan fingerprint density at radius 3 is 2.62 bits per heavy atom. The highest BCUT2D eigenvalue weighted by molar-refractivity contribution is 6.07. The number of nitriles is 1. The van der Waals surface area contributed by atoms with Crippen molar-refractivity contribution in [2.75, 3.05) is 0 Å². The average molecular weight is 328 g/mol. The van der Waals surface area contributed by atoms with Gasteiger partial charge in [-0.1, -0.05) is 6.07 Å². The molecular formula is C16H6F2N2O4. The summed E-state index contributed by atoms with van der Waals surface area (Å²) in [4.78, 5) is 22.1. The van der Waals surface area contributed by atoms with Gasteiger partial charge < -0.3 is 4.74 Å². The van der Waals surface area contributed by atoms with Crippen molar-refractivity contribution in [3.8, 4) is 6.07 Å². The fraction of sp³-hybridized carbons (Fsp3) is 0. The summed E-state index contributed by atoms with van der Waals surface area (Å²) in [6.07, 6.45) is 1.21. The van der Waals surface area contributed by atoms with Crippen LogP contribution in [0.25, 0.3) is 11.8 Å². The molecule has 0 radical (unpaired) electrons. The van der Waals surface area contributed by atoms with Crippen LogP contribution in [0, 0.1) is 33.1 Å². The molecule has 1 aliphatic rings. The van der Waals surface area contributed by atoms with Crippen LogP contribution in [0.15, 0.2) is 30.3 Å². The first kappa shape index (κ1) is 15.3. The number of carbonyl (C=O) groups is 1. The van der Waals surface area contributed by atoms with Crippen LogP contribution >= 0.6 is 0 Å². The molecule has 24 heavy (non-hydrogen) atoms. The zero-order valence-corrected chi connectivity index (χ0v) is 11.7. The topological polar surface area (TPSA) is 93.2 Å². The molecule has 6 nitrogen and oxygen atoms in total. The maximum Gasteiger partial charge on any atom is 0.344 e. The number of fused-ring (bicyclic) bond motifs is 1. The van der Waals surface area contributed by atoms with Crippen LogP contribution in [0.4, 0.5) is 14.5 Å². The minimum Gasteiger partial charge on any atom is -0.422 e. The molecule has 8 heteroatoms. The molecule has 0 fully saturated rings. The van der Waals surface area contributed by atoms with Crippen LogP contribution < -0.4 is 0 Å². The molecule has 2 aromatic rings. The third-order valence-electron chi connectivity index (χ3n) is 3.36. The predicted octanol–water partition coefficient (Wildman–Crippen LogP) is 3.41. The van der Waals surface area contributed by atoms with Crippen molar-refractivity contribution in [2.24, 2.45) is 0 Å². The van der Waals surface area contributed by atoms with E-state index in [-0.39, 0.29) is 28.0 Å². The van der Waals surface area contributed by atoms with E-state index in [9.17, 15) is 23.7 Å². The highest BCUT2D eigenvalue weighted by atomic mass is 19.1. The summed E-state index contributed by atoms with van der Waals surface area (Å²) in [6, 6.07) is 6.80. The van der Waals surface area contributed by atoms with Gasteiger partial charge in [0.05, 0.1) is 22.1 Å². The van der Waals surface area contributed by atoms with Crippen LogP contribution in [0.1, 0.15) is 27.0 Å². The van der Waals surface area contributed by atoms with Crippen LogP contribution in [0.5, 0.6) is 0 Å². The predicted molar refractivity (Wildman–Crippen MR) is 77.5 cm³/mol. The minimum atomic E-state index is -0.942. The first-order valence-electron chi connectivity index (χ1n) is 6.52. The van der Waals surface area contributed by atoms with Crippen molar-refractivity contribution >= 4 is 23.5 Å². The van der Waals surface area contributed by atoms with E-state index in [4.69, 9.17) is 10.00 Å². The number of benzene rings is 2. The number of nitro benzene ring substituents is 1. The van der Waals surface area contributed by atoms with Gasteiger partial charge in [-0.2, -0.15) is 5.26 Å². The van der Waals surface area contributed by atoms with E-state index in [1.54, 1.807) is 6.07 Å². The maximum absolute atomic E-state index is 13.6. The summed E-state index contributed by atoms with van der Waals surface area (Å²) >= 11 is 0. The fourth-order valence-electron chi connectivity index (χ4n) is 2.33. The molecule has 0 bridgehead atoms. The fourth-order valence-corrected chi connectivity index (χ4v) is 2.33. The van der Waals surface area contributed by atoms with Gasteiger partial charge in [0, 0.05) is 0 Å². The van der Waals surface area contributed by atoms with Crippen LogP contribution in [-0.4, -0.2) is 10.9 Å². The Kier molecular flexibility index (Phi) is 3.54. The standard InChI is InChI=1S/C16H6F2N2O4/c17-10-5-11-15(13(6-10)20(22)23)14(24-16(11)21)4-8-1-2-9(7-19)12(18)3-8/h1-6H/b14-4-. The number of nitro groups is 1. The zero-order valence-electron chi connectivity index (χ0n) is 11.7. The maximum atomic E-state index is 13.6. The first-order valence-corrected chi connectivity index (χ1v) is 6.52. The first-order chi connectivity index (χ1) is 11.4. The Morgan fingerprint density at radius 2 is 2.00 bits per heavy atom. The minimum absolute atomic E-state index is 0.170. The van der Waals surface area contributed by atoms with E-state index in [1.165, 1.54) is 18.2 Å². The number of hydrogen-bond acceptors (Lipinski definition) is 5. The molecular weight excluding hydrogens is 322 g/mol. The number of cyclic esters (lactones) is 1. The molecule has 3 rings (SSSR count). The summed E-state index contributed by atoms with van der Waals surface area (Å²) in [5.74, 6) is -2.85. The van der Waals surface area contributed by atoms with Crippen LogP contribution in [0.3, 0.4) is 0 Å². The highest BCUT2D eigenvalue weighted by Crippen LogP contribution is 2.38. The van der Waals surface area contributed by atoms with E-state index in [2.05, 4.69) is 0 Å². The molecule has 0 N–H and O–H groups in total. The number of ether oxygens (including phenoxy) is 1. The third-order valence-corrected chi connectivity index (χ3v) is 3.36. The lowest BCUT2D eigenvalue weighted by Crippen LogP contribution is -1.98. The monoisotopic (exact) mass is 328 g/mol. The van der Waals surface area contributed by atoms with Gasteiger partial charge in [-0.05, 0) is 29.8 Å². The second-order valence-corrected chi connectivity index (χ2v) is 4.85. The quantitative estimate of drug-likeness (QED) is 0.478. The second-order valence-electron chi connectivity index (χ2n) is 4.85. The van der Waals surface area contributed by atoms with Crippen molar-refractivity contribution in [3.63, 3.8) is 0 Å². The Labute approximate surface area is 133 Å². The van der Waals surface area contributed by atoms with Crippen molar-refractivity contribution < 1.29 is 23.2 Å². The molecule has 1 aliphatic heterocycles. The summed E-state index contributed by atoms with van der Waals surface area (Å²) < 4.78 is 32.0. The van der Waals surface area contributed by atoms with Crippen molar-refractivity contribution in [3.05, 3.63) is 74.3 Å². The van der Waals surface area contributed by atoms with Crippen LogP contribution in [-0.2, 0) is 4.74 Å². The van der Waals surface area contributed by atoms with Gasteiger partial charge in [0.15, 0.2) is 0 Å². The summed E-state index contributed by atoms with van der Waals surface area (Å²) in [6.45, 7) is 0. The molecule has 1 heterocycles. The van der Waals surface area contributed by atoms with E-state index < -0.39 is 28.2 Å². The molecule has 2 aromatic carbocycles. The van der Waals surface area contributed by atoms with Gasteiger partial charge in [0.25, 0.3) is 5.69 Å². The number of halogens is 2. The molecule has 0 atom stereocenters. The average Bonchev–Trinajstić information content (AvgIpc) is 2.82. The summed E-state index contributed by atoms with van der Waals surface area (Å²) in [7, 11) is 0. The van der Waals surface area contributed by atoms with E-state index in [0.29, 0.717) is 6.07 Å². The lowest BCUT2D eigenvalue weighted by molar-refractivity contribution is -0.385.